The summed E-state index contributed by atoms with van der Waals surface area (Å²) in [5.41, 5.74) is 0. The molecule has 1 atom stereocenters. The number of hydrogen-bond donors (Lipinski definition) is 0. The Morgan fingerprint density at radius 3 is 2.14 bits per heavy atom. The van der Waals surface area contributed by atoms with Gasteiger partial charge in [-0.05, 0) is 31.1 Å². The monoisotopic (exact) mass is 206 g/mol. The van der Waals surface area contributed by atoms with E-state index >= 15 is 0 Å². The lowest BCUT2D eigenvalue weighted by molar-refractivity contribution is -0.0152. The molecule has 0 bridgehead atoms. The average Bonchev–Trinajstić information content (AvgIpc) is 2.30. The molecular weight excluding hydrogens is 182 g/mol. The van der Waals surface area contributed by atoms with Crippen molar-refractivity contribution in [2.24, 2.45) is 11.8 Å². The van der Waals surface area contributed by atoms with Crippen LogP contribution in [-0.2, 0) is 0 Å². The second-order valence-electron chi connectivity index (χ2n) is 4.29. The Balaban J connectivity index is 0.000000791. The van der Waals surface area contributed by atoms with Gasteiger partial charge in [-0.15, -0.1) is 0 Å². The van der Waals surface area contributed by atoms with Crippen LogP contribution >= 0.6 is 0 Å². The molecule has 0 aromatic heterocycles. The molecule has 1 aliphatic rings. The van der Waals surface area contributed by atoms with E-state index in [0.29, 0.717) is 24.7 Å². The molecule has 1 aliphatic carbocycles. The second kappa shape index (κ2) is 6.36. The van der Waals surface area contributed by atoms with Gasteiger partial charge in [-0.1, -0.05) is 27.7 Å². The molecule has 0 saturated heterocycles. The first-order chi connectivity index (χ1) is 6.51. The summed E-state index contributed by atoms with van der Waals surface area (Å²) >= 11 is 0. The highest BCUT2D eigenvalue weighted by Crippen LogP contribution is 2.36. The van der Waals surface area contributed by atoms with E-state index in [9.17, 15) is 8.78 Å². The summed E-state index contributed by atoms with van der Waals surface area (Å²) in [6.07, 6.45) is 2.62. The van der Waals surface area contributed by atoms with Crippen molar-refractivity contribution in [3.8, 4) is 0 Å². The molecule has 1 saturated carbocycles. The van der Waals surface area contributed by atoms with Crippen molar-refractivity contribution in [2.45, 2.75) is 65.7 Å². The Morgan fingerprint density at radius 1 is 1.07 bits per heavy atom. The van der Waals surface area contributed by atoms with Crippen molar-refractivity contribution in [2.75, 3.05) is 0 Å². The fourth-order valence-electron chi connectivity index (χ4n) is 1.96. The predicted molar refractivity (Wildman–Crippen MR) is 57.7 cm³/mol. The molecule has 1 fully saturated rings. The maximum absolute atomic E-state index is 12.9. The minimum absolute atomic E-state index is 0.107. The third-order valence-corrected chi connectivity index (χ3v) is 2.94. The van der Waals surface area contributed by atoms with Gasteiger partial charge in [-0.3, -0.25) is 0 Å². The molecule has 0 nitrogen and oxygen atoms in total. The average molecular weight is 206 g/mol. The zero-order chi connectivity index (χ0) is 11.2. The van der Waals surface area contributed by atoms with E-state index in [4.69, 9.17) is 0 Å². The molecule has 1 rings (SSSR count). The third-order valence-electron chi connectivity index (χ3n) is 2.94. The van der Waals surface area contributed by atoms with Crippen LogP contribution in [0.25, 0.3) is 0 Å². The van der Waals surface area contributed by atoms with Crippen LogP contribution in [0.4, 0.5) is 8.78 Å². The molecule has 14 heavy (non-hydrogen) atoms. The Bertz CT molecular complexity index is 141. The summed E-state index contributed by atoms with van der Waals surface area (Å²) in [5, 5.41) is 0. The van der Waals surface area contributed by atoms with Crippen molar-refractivity contribution in [3.63, 3.8) is 0 Å². The standard InChI is InChI=1S/C10H18F2.C2H6/c1-8(2)9-4-3-6-10(11,12)7-5-9;1-2/h8-9H,3-7H2,1-2H3;1-2H3. The SMILES string of the molecule is CC.CC(C)C1CCCC(F)(F)CC1. The Kier molecular flexibility index (Phi) is 6.30. The maximum atomic E-state index is 12.9. The van der Waals surface area contributed by atoms with Crippen molar-refractivity contribution in [3.05, 3.63) is 0 Å². The van der Waals surface area contributed by atoms with Gasteiger partial charge >= 0.3 is 0 Å². The van der Waals surface area contributed by atoms with Gasteiger partial charge in [0.25, 0.3) is 0 Å². The van der Waals surface area contributed by atoms with Crippen LogP contribution in [0.5, 0.6) is 0 Å². The van der Waals surface area contributed by atoms with E-state index in [1.165, 1.54) is 0 Å². The quantitative estimate of drug-likeness (QED) is 0.536. The van der Waals surface area contributed by atoms with Crippen LogP contribution in [0.15, 0.2) is 0 Å². The lowest BCUT2D eigenvalue weighted by Crippen LogP contribution is -2.14. The van der Waals surface area contributed by atoms with E-state index in [1.807, 2.05) is 13.8 Å². The molecule has 0 aromatic carbocycles. The zero-order valence-corrected chi connectivity index (χ0v) is 9.95. The van der Waals surface area contributed by atoms with E-state index in [1.54, 1.807) is 0 Å². The molecule has 0 aliphatic heterocycles. The summed E-state index contributed by atoms with van der Waals surface area (Å²) in [7, 11) is 0. The highest BCUT2D eigenvalue weighted by atomic mass is 19.3. The van der Waals surface area contributed by atoms with Crippen LogP contribution in [0.1, 0.15) is 59.8 Å². The Labute approximate surface area is 87.1 Å². The number of alkyl halides is 2. The number of halogens is 2. The molecule has 0 spiro atoms. The molecule has 0 N–H and O–H groups in total. The van der Waals surface area contributed by atoms with Crippen molar-refractivity contribution in [1.82, 2.24) is 0 Å². The summed E-state index contributed by atoms with van der Waals surface area (Å²) < 4.78 is 25.8. The first kappa shape index (κ1) is 13.9. The topological polar surface area (TPSA) is 0 Å². The van der Waals surface area contributed by atoms with Crippen LogP contribution < -0.4 is 0 Å². The minimum atomic E-state index is -2.37. The highest BCUT2D eigenvalue weighted by Gasteiger charge is 2.32. The van der Waals surface area contributed by atoms with Gasteiger partial charge in [0.1, 0.15) is 0 Å². The normalized spacial score (nSPS) is 26.4. The van der Waals surface area contributed by atoms with Crippen molar-refractivity contribution in [1.29, 1.82) is 0 Å². The van der Waals surface area contributed by atoms with E-state index in [0.717, 1.165) is 6.42 Å². The molecule has 2 heteroatoms. The van der Waals surface area contributed by atoms with E-state index < -0.39 is 5.92 Å². The summed E-state index contributed by atoms with van der Waals surface area (Å²) in [5.74, 6) is -1.28. The molecule has 0 amide bonds. The van der Waals surface area contributed by atoms with Gasteiger partial charge < -0.3 is 0 Å². The van der Waals surface area contributed by atoms with Crippen molar-refractivity contribution < 1.29 is 8.78 Å². The minimum Gasteiger partial charge on any atom is -0.207 e. The van der Waals surface area contributed by atoms with Gasteiger partial charge in [0.15, 0.2) is 0 Å². The smallest absolute Gasteiger partial charge is 0.207 e. The molecule has 86 valence electrons. The van der Waals surface area contributed by atoms with Crippen molar-refractivity contribution >= 4 is 0 Å². The second-order valence-corrected chi connectivity index (χ2v) is 4.29. The fraction of sp³-hybridized carbons (Fsp3) is 1.00. The summed E-state index contributed by atoms with van der Waals surface area (Å²) in [6, 6.07) is 0. The van der Waals surface area contributed by atoms with E-state index in [2.05, 4.69) is 13.8 Å². The molecule has 0 radical (unpaired) electrons. The van der Waals surface area contributed by atoms with Gasteiger partial charge in [0, 0.05) is 12.8 Å². The van der Waals surface area contributed by atoms with Crippen LogP contribution in [0.2, 0.25) is 0 Å². The lowest BCUT2D eigenvalue weighted by atomic mass is 9.89. The largest absolute Gasteiger partial charge is 0.248 e. The summed E-state index contributed by atoms with van der Waals surface area (Å²) in [4.78, 5) is 0. The maximum Gasteiger partial charge on any atom is 0.248 e. The first-order valence-electron chi connectivity index (χ1n) is 5.89. The third kappa shape index (κ3) is 4.92. The first-order valence-corrected chi connectivity index (χ1v) is 5.89. The summed E-state index contributed by atoms with van der Waals surface area (Å²) in [6.45, 7) is 8.27. The van der Waals surface area contributed by atoms with Crippen LogP contribution in [-0.4, -0.2) is 5.92 Å². The van der Waals surface area contributed by atoms with Gasteiger partial charge in [-0.25, -0.2) is 8.78 Å². The fourth-order valence-corrected chi connectivity index (χ4v) is 1.96. The zero-order valence-electron chi connectivity index (χ0n) is 9.95. The molecule has 0 aromatic rings. The highest BCUT2D eigenvalue weighted by molar-refractivity contribution is 4.76. The van der Waals surface area contributed by atoms with Gasteiger partial charge in [-0.2, -0.15) is 0 Å². The number of rotatable bonds is 1. The van der Waals surface area contributed by atoms with Gasteiger partial charge in [0.2, 0.25) is 5.92 Å². The number of hydrogen-bond acceptors (Lipinski definition) is 0. The Morgan fingerprint density at radius 2 is 1.64 bits per heavy atom. The van der Waals surface area contributed by atoms with Crippen LogP contribution in [0.3, 0.4) is 0 Å². The predicted octanol–water partition coefficient (Wildman–Crippen LogP) is 4.88. The van der Waals surface area contributed by atoms with Gasteiger partial charge in [0.05, 0.1) is 0 Å². The molecular formula is C12H24F2. The molecule has 0 heterocycles. The van der Waals surface area contributed by atoms with E-state index in [-0.39, 0.29) is 12.8 Å². The lowest BCUT2D eigenvalue weighted by Gasteiger charge is -2.18. The van der Waals surface area contributed by atoms with Crippen LogP contribution in [0, 0.1) is 11.8 Å². The molecule has 1 unspecified atom stereocenters. The Hall–Kier alpha value is -0.140.